The molecule has 0 saturated carbocycles. The lowest BCUT2D eigenvalue weighted by Crippen LogP contribution is -2.00. The molecule has 1 heterocycles. The van der Waals surface area contributed by atoms with Crippen molar-refractivity contribution in [1.82, 2.24) is 4.98 Å². The number of rotatable bonds is 2. The molecule has 12 heavy (non-hydrogen) atoms. The van der Waals surface area contributed by atoms with Crippen LogP contribution in [-0.4, -0.2) is 24.8 Å². The summed E-state index contributed by atoms with van der Waals surface area (Å²) in [5, 5.41) is 8.33. The van der Waals surface area contributed by atoms with Crippen LogP contribution in [0.25, 0.3) is 0 Å². The Balaban J connectivity index is 3.12. The van der Waals surface area contributed by atoms with Crippen LogP contribution >= 0.6 is 0 Å². The third-order valence-corrected chi connectivity index (χ3v) is 1.74. The van der Waals surface area contributed by atoms with Crippen molar-refractivity contribution in [2.24, 2.45) is 0 Å². The first-order valence-electron chi connectivity index (χ1n) is 2.91. The Kier molecular flexibility index (Phi) is 2.51. The average Bonchev–Trinajstić information content (AvgIpc) is 2.04. The summed E-state index contributed by atoms with van der Waals surface area (Å²) in [6.07, 6.45) is 1.17. The van der Waals surface area contributed by atoms with Crippen LogP contribution in [-0.2, 0) is 11.1 Å². The maximum Gasteiger partial charge on any atom is 0.335 e. The standard InChI is InChI=1S/C6H5NO4S/c8-6(9)4-1-2-7-5(3-4)12(10)11/h1-3H,(H,8,9)(H,10,11). The van der Waals surface area contributed by atoms with Gasteiger partial charge in [0.15, 0.2) is 5.03 Å². The van der Waals surface area contributed by atoms with E-state index in [1.807, 2.05) is 0 Å². The zero-order valence-electron chi connectivity index (χ0n) is 5.80. The number of carboxylic acid groups (broad SMARTS) is 1. The highest BCUT2D eigenvalue weighted by atomic mass is 32.2. The molecular formula is C6H5NO4S. The van der Waals surface area contributed by atoms with E-state index >= 15 is 0 Å². The van der Waals surface area contributed by atoms with Gasteiger partial charge in [-0.3, -0.25) is 0 Å². The number of aromatic carboxylic acids is 1. The topological polar surface area (TPSA) is 87.5 Å². The van der Waals surface area contributed by atoms with Gasteiger partial charge in [0, 0.05) is 6.20 Å². The van der Waals surface area contributed by atoms with Crippen LogP contribution in [0, 0.1) is 0 Å². The molecule has 1 aromatic heterocycles. The highest BCUT2D eigenvalue weighted by Gasteiger charge is 2.06. The Morgan fingerprint density at radius 3 is 2.75 bits per heavy atom. The van der Waals surface area contributed by atoms with Crippen molar-refractivity contribution in [1.29, 1.82) is 0 Å². The van der Waals surface area contributed by atoms with Crippen LogP contribution in [0.5, 0.6) is 0 Å². The summed E-state index contributed by atoms with van der Waals surface area (Å²) in [6, 6.07) is 2.30. The SMILES string of the molecule is O=C(O)c1ccnc(S(=O)O)c1. The molecule has 0 fully saturated rings. The fourth-order valence-electron chi connectivity index (χ4n) is 0.638. The largest absolute Gasteiger partial charge is 0.478 e. The van der Waals surface area contributed by atoms with Gasteiger partial charge in [-0.15, -0.1) is 0 Å². The zero-order valence-corrected chi connectivity index (χ0v) is 6.61. The summed E-state index contributed by atoms with van der Waals surface area (Å²) in [5.41, 5.74) is -0.0533. The summed E-state index contributed by atoms with van der Waals surface area (Å²) in [4.78, 5) is 13.9. The monoisotopic (exact) mass is 187 g/mol. The Morgan fingerprint density at radius 1 is 1.58 bits per heavy atom. The molecular weight excluding hydrogens is 182 g/mol. The van der Waals surface area contributed by atoms with E-state index in [2.05, 4.69) is 4.98 Å². The molecule has 2 N–H and O–H groups in total. The van der Waals surface area contributed by atoms with Gasteiger partial charge in [-0.25, -0.2) is 14.0 Å². The first-order valence-corrected chi connectivity index (χ1v) is 4.02. The Bertz CT molecular complexity index is 309. The Labute approximate surface area is 70.3 Å². The predicted molar refractivity (Wildman–Crippen MR) is 40.2 cm³/mol. The van der Waals surface area contributed by atoms with Gasteiger partial charge in [0.1, 0.15) is 0 Å². The molecule has 0 aliphatic heterocycles. The minimum Gasteiger partial charge on any atom is -0.478 e. The van der Waals surface area contributed by atoms with E-state index in [4.69, 9.17) is 9.66 Å². The second kappa shape index (κ2) is 3.42. The number of hydrogen-bond donors (Lipinski definition) is 2. The molecule has 0 radical (unpaired) electrons. The smallest absolute Gasteiger partial charge is 0.335 e. The van der Waals surface area contributed by atoms with Gasteiger partial charge in [-0.1, -0.05) is 0 Å². The first-order chi connectivity index (χ1) is 5.61. The van der Waals surface area contributed by atoms with E-state index in [0.29, 0.717) is 0 Å². The molecule has 1 atom stereocenters. The molecule has 1 aromatic rings. The number of pyridine rings is 1. The van der Waals surface area contributed by atoms with Crippen LogP contribution in [0.15, 0.2) is 23.4 Å². The number of carboxylic acids is 1. The van der Waals surface area contributed by atoms with Gasteiger partial charge >= 0.3 is 5.97 Å². The van der Waals surface area contributed by atoms with E-state index in [1.165, 1.54) is 12.3 Å². The molecule has 0 bridgehead atoms. The fourth-order valence-corrected chi connectivity index (χ4v) is 1.02. The molecule has 1 rings (SSSR count). The molecule has 0 amide bonds. The van der Waals surface area contributed by atoms with Gasteiger partial charge in [0.05, 0.1) is 5.56 Å². The minimum absolute atomic E-state index is 0.0533. The van der Waals surface area contributed by atoms with Gasteiger partial charge in [-0.2, -0.15) is 0 Å². The van der Waals surface area contributed by atoms with Gasteiger partial charge in [0.2, 0.25) is 11.1 Å². The van der Waals surface area contributed by atoms with Crippen molar-refractivity contribution < 1.29 is 18.7 Å². The second-order valence-electron chi connectivity index (χ2n) is 1.94. The van der Waals surface area contributed by atoms with E-state index in [9.17, 15) is 9.00 Å². The summed E-state index contributed by atoms with van der Waals surface area (Å²) in [5.74, 6) is -1.15. The van der Waals surface area contributed by atoms with Crippen LogP contribution in [0.3, 0.4) is 0 Å². The van der Waals surface area contributed by atoms with Crippen LogP contribution < -0.4 is 0 Å². The summed E-state index contributed by atoms with van der Waals surface area (Å²) in [7, 11) is 0. The van der Waals surface area contributed by atoms with E-state index in [1.54, 1.807) is 0 Å². The highest BCUT2D eigenvalue weighted by Crippen LogP contribution is 2.04. The maximum atomic E-state index is 10.4. The summed E-state index contributed by atoms with van der Waals surface area (Å²) < 4.78 is 19.0. The third kappa shape index (κ3) is 1.86. The van der Waals surface area contributed by atoms with Crippen molar-refractivity contribution >= 4 is 17.0 Å². The van der Waals surface area contributed by atoms with Crippen molar-refractivity contribution in [3.05, 3.63) is 23.9 Å². The van der Waals surface area contributed by atoms with Crippen LogP contribution in [0.1, 0.15) is 10.4 Å². The first kappa shape index (κ1) is 8.82. The van der Waals surface area contributed by atoms with Crippen molar-refractivity contribution in [2.45, 2.75) is 5.03 Å². The average molecular weight is 187 g/mol. The lowest BCUT2D eigenvalue weighted by molar-refractivity contribution is 0.0696. The van der Waals surface area contributed by atoms with E-state index in [0.717, 1.165) is 6.07 Å². The molecule has 0 aliphatic carbocycles. The van der Waals surface area contributed by atoms with Crippen molar-refractivity contribution in [3.8, 4) is 0 Å². The molecule has 5 nitrogen and oxygen atoms in total. The lowest BCUT2D eigenvalue weighted by atomic mass is 10.3. The quantitative estimate of drug-likeness (QED) is 0.652. The van der Waals surface area contributed by atoms with Crippen molar-refractivity contribution in [2.75, 3.05) is 0 Å². The number of hydrogen-bond acceptors (Lipinski definition) is 3. The lowest BCUT2D eigenvalue weighted by Gasteiger charge is -1.95. The van der Waals surface area contributed by atoms with Gasteiger partial charge in [-0.05, 0) is 12.1 Å². The summed E-state index contributed by atoms with van der Waals surface area (Å²) in [6.45, 7) is 0. The number of nitrogens with zero attached hydrogens (tertiary/aromatic N) is 1. The molecule has 0 saturated heterocycles. The Morgan fingerprint density at radius 2 is 2.25 bits per heavy atom. The molecule has 0 aliphatic rings. The van der Waals surface area contributed by atoms with Crippen LogP contribution in [0.4, 0.5) is 0 Å². The molecule has 6 heteroatoms. The molecule has 0 spiro atoms. The fraction of sp³-hybridized carbons (Fsp3) is 0. The second-order valence-corrected chi connectivity index (χ2v) is 2.85. The van der Waals surface area contributed by atoms with Crippen LogP contribution in [0.2, 0.25) is 0 Å². The van der Waals surface area contributed by atoms with Gasteiger partial charge < -0.3 is 9.66 Å². The highest BCUT2D eigenvalue weighted by molar-refractivity contribution is 7.79. The van der Waals surface area contributed by atoms with E-state index < -0.39 is 17.0 Å². The van der Waals surface area contributed by atoms with Gasteiger partial charge in [0.25, 0.3) is 0 Å². The normalized spacial score (nSPS) is 12.4. The molecule has 64 valence electrons. The van der Waals surface area contributed by atoms with Crippen molar-refractivity contribution in [3.63, 3.8) is 0 Å². The Hall–Kier alpha value is -1.27. The minimum atomic E-state index is -2.23. The zero-order chi connectivity index (χ0) is 9.14. The predicted octanol–water partition coefficient (Wildman–Crippen LogP) is 0.360. The number of carbonyl (C=O) groups is 1. The number of aromatic nitrogens is 1. The maximum absolute atomic E-state index is 10.4. The van der Waals surface area contributed by atoms with E-state index in [-0.39, 0.29) is 10.6 Å². The molecule has 0 aromatic carbocycles. The summed E-state index contributed by atoms with van der Waals surface area (Å²) >= 11 is -2.23. The third-order valence-electron chi connectivity index (χ3n) is 1.16. The molecule has 1 unspecified atom stereocenters.